The monoisotopic (exact) mass is 787 g/mol. The van der Waals surface area contributed by atoms with Crippen molar-refractivity contribution >= 4 is 29.9 Å². The fourth-order valence-electron chi connectivity index (χ4n) is 6.53. The van der Waals surface area contributed by atoms with E-state index in [1.807, 2.05) is 0 Å². The lowest BCUT2D eigenvalue weighted by Gasteiger charge is -2.31. The third kappa shape index (κ3) is 26.2. The summed E-state index contributed by atoms with van der Waals surface area (Å²) in [5, 5.41) is 9.79. The highest BCUT2D eigenvalue weighted by atomic mass is 16.2. The molecular formula is C41H82N14O. The van der Waals surface area contributed by atoms with Crippen molar-refractivity contribution in [3.05, 3.63) is 0 Å². The number of nitrogens with zero attached hydrogens (tertiary/aromatic N) is 6. The Bertz CT molecular complexity index is 1120. The molecule has 0 spiro atoms. The van der Waals surface area contributed by atoms with Crippen molar-refractivity contribution in [1.29, 1.82) is 0 Å². The summed E-state index contributed by atoms with van der Waals surface area (Å²) in [5.41, 5.74) is 29.1. The van der Waals surface area contributed by atoms with Gasteiger partial charge >= 0.3 is 6.03 Å². The molecule has 3 fully saturated rings. The zero-order chi connectivity index (χ0) is 40.1. The van der Waals surface area contributed by atoms with Gasteiger partial charge in [0.1, 0.15) is 0 Å². The molecule has 15 nitrogen and oxygen atoms in total. The van der Waals surface area contributed by atoms with Gasteiger partial charge in [-0.15, -0.1) is 0 Å². The van der Waals surface area contributed by atoms with Gasteiger partial charge in [-0.3, -0.25) is 20.0 Å². The molecule has 0 atom stereocenters. The van der Waals surface area contributed by atoms with E-state index in [0.717, 1.165) is 186 Å². The third-order valence-corrected chi connectivity index (χ3v) is 10.8. The average molecular weight is 787 g/mol. The molecule has 15 heteroatoms. The number of hydrogen-bond acceptors (Lipinski definition) is 5. The third-order valence-electron chi connectivity index (χ3n) is 10.8. The van der Waals surface area contributed by atoms with E-state index >= 15 is 0 Å². The van der Waals surface area contributed by atoms with E-state index in [2.05, 4.69) is 45.7 Å². The Morgan fingerprint density at radius 1 is 0.429 bits per heavy atom. The predicted molar refractivity (Wildman–Crippen MR) is 235 cm³/mol. The Balaban J connectivity index is 1.43. The number of amides is 2. The normalized spacial score (nSPS) is 16.1. The number of rotatable bonds is 34. The van der Waals surface area contributed by atoms with Crippen LogP contribution in [0.5, 0.6) is 0 Å². The van der Waals surface area contributed by atoms with Crippen molar-refractivity contribution in [3.8, 4) is 0 Å². The summed E-state index contributed by atoms with van der Waals surface area (Å²) < 4.78 is 0. The first-order chi connectivity index (χ1) is 27.3. The van der Waals surface area contributed by atoms with Crippen LogP contribution in [0, 0.1) is 17.8 Å². The lowest BCUT2D eigenvalue weighted by molar-refractivity contribution is 0.148. The first-order valence-electron chi connectivity index (χ1n) is 22.5. The van der Waals surface area contributed by atoms with Crippen LogP contribution in [0.15, 0.2) is 20.0 Å². The zero-order valence-corrected chi connectivity index (χ0v) is 35.0. The van der Waals surface area contributed by atoms with Gasteiger partial charge in [-0.2, -0.15) is 0 Å². The molecule has 3 rings (SSSR count). The molecule has 13 N–H and O–H groups in total. The summed E-state index contributed by atoms with van der Waals surface area (Å²) in [6.07, 6.45) is 24.4. The average Bonchev–Trinajstić information content (AvgIpc) is 4.03. The molecule has 0 aromatic heterocycles. The molecule has 0 unspecified atom stereocenters. The molecule has 3 aliphatic carbocycles. The Hall–Kier alpha value is -3.65. The van der Waals surface area contributed by atoms with Crippen molar-refractivity contribution in [2.75, 3.05) is 72.0 Å². The maximum Gasteiger partial charge on any atom is 0.319 e. The van der Waals surface area contributed by atoms with Crippen LogP contribution in [0.3, 0.4) is 0 Å². The summed E-state index contributed by atoms with van der Waals surface area (Å²) in [4.78, 5) is 36.0. The molecule has 2 amide bonds. The molecule has 0 aliphatic heterocycles. The van der Waals surface area contributed by atoms with Gasteiger partial charge in [0.25, 0.3) is 0 Å². The largest absolute Gasteiger partial charge is 0.370 e. The number of nitrogens with one attached hydrogen (secondary N) is 3. The van der Waals surface area contributed by atoms with E-state index in [4.69, 9.17) is 28.7 Å². The van der Waals surface area contributed by atoms with Crippen LogP contribution in [0.4, 0.5) is 4.79 Å². The minimum absolute atomic E-state index is 0.146. The lowest BCUT2D eigenvalue weighted by Crippen LogP contribution is -2.45. The van der Waals surface area contributed by atoms with Crippen LogP contribution in [-0.2, 0) is 0 Å². The van der Waals surface area contributed by atoms with Crippen LogP contribution in [-0.4, -0.2) is 112 Å². The molecule has 0 saturated heterocycles. The molecule has 56 heavy (non-hydrogen) atoms. The van der Waals surface area contributed by atoms with Crippen molar-refractivity contribution in [2.24, 2.45) is 66.4 Å². The van der Waals surface area contributed by atoms with Crippen LogP contribution >= 0.6 is 0 Å². The molecule has 3 aliphatic rings. The van der Waals surface area contributed by atoms with Crippen LogP contribution in [0.25, 0.3) is 0 Å². The van der Waals surface area contributed by atoms with Gasteiger partial charge in [0, 0.05) is 72.0 Å². The van der Waals surface area contributed by atoms with Crippen LogP contribution in [0.2, 0.25) is 0 Å². The highest BCUT2D eigenvalue weighted by Crippen LogP contribution is 2.29. The number of carbonyl (C=O) groups excluding carboxylic acids is 1. The van der Waals surface area contributed by atoms with Crippen LogP contribution < -0.4 is 44.6 Å². The molecule has 0 aromatic carbocycles. The number of guanidine groups is 4. The summed E-state index contributed by atoms with van der Waals surface area (Å²) in [7, 11) is 0. The topological polar surface area (TPSA) is 239 Å². The number of carbonyl (C=O) groups is 1. The standard InChI is InChI=1S/C41H82N14O/c42-37(43)47-23-9-1-5-13-27-54(28-14-6-2-10-24-48-38(44)51-31-34-17-18-34)41(56)55(29-15-7-3-11-25-49-39(45)52-32-35-19-20-35)30-16-8-4-12-26-50-40(46)53-33-36-21-22-36/h34-36H,1-33H2,(H4,42,43,47)(H3,44,48,51)(H3,45,49,52)(H3,46,50,53). The van der Waals surface area contributed by atoms with Gasteiger partial charge in [-0.05, 0) is 108 Å². The van der Waals surface area contributed by atoms with E-state index in [1.54, 1.807) is 0 Å². The summed E-state index contributed by atoms with van der Waals surface area (Å²) in [6.45, 7) is 8.86. The second-order valence-corrected chi connectivity index (χ2v) is 16.5. The Labute approximate surface area is 339 Å². The smallest absolute Gasteiger partial charge is 0.319 e. The van der Waals surface area contributed by atoms with Gasteiger partial charge in [0.05, 0.1) is 0 Å². The molecule has 0 heterocycles. The molecule has 0 aromatic rings. The molecular weight excluding hydrogens is 705 g/mol. The number of hydrogen-bond donors (Lipinski definition) is 8. The minimum atomic E-state index is 0.146. The maximum absolute atomic E-state index is 14.2. The number of aliphatic imine (C=N–C) groups is 4. The van der Waals surface area contributed by atoms with E-state index < -0.39 is 0 Å². The quantitative estimate of drug-likeness (QED) is 0.0265. The highest BCUT2D eigenvalue weighted by molar-refractivity contribution is 5.78. The fourth-order valence-corrected chi connectivity index (χ4v) is 6.53. The van der Waals surface area contributed by atoms with E-state index in [-0.39, 0.29) is 12.0 Å². The Morgan fingerprint density at radius 2 is 0.732 bits per heavy atom. The van der Waals surface area contributed by atoms with Gasteiger partial charge in [-0.25, -0.2) is 4.79 Å². The first kappa shape index (κ1) is 46.7. The second-order valence-electron chi connectivity index (χ2n) is 16.5. The Kier molecular flexibility index (Phi) is 24.7. The summed E-state index contributed by atoms with van der Waals surface area (Å²) in [5.74, 6) is 4.07. The van der Waals surface area contributed by atoms with Gasteiger partial charge in [0.2, 0.25) is 0 Å². The van der Waals surface area contributed by atoms with E-state index in [1.165, 1.54) is 38.5 Å². The van der Waals surface area contributed by atoms with Crippen molar-refractivity contribution in [3.63, 3.8) is 0 Å². The minimum Gasteiger partial charge on any atom is -0.370 e. The SMILES string of the molecule is NC(N)=NCCCCCCN(CCCCCCNC(N)=NCC1CC1)C(=O)N(CCCCCCNC(N)=NCC1CC1)CCCCCCNC(N)=NCC1CC1. The summed E-state index contributed by atoms with van der Waals surface area (Å²) >= 11 is 0. The molecule has 322 valence electrons. The fraction of sp³-hybridized carbons (Fsp3) is 0.878. The van der Waals surface area contributed by atoms with Crippen molar-refractivity contribution in [1.82, 2.24) is 25.8 Å². The predicted octanol–water partition coefficient (Wildman–Crippen LogP) is 4.17. The second kappa shape index (κ2) is 29.6. The van der Waals surface area contributed by atoms with Crippen molar-refractivity contribution < 1.29 is 4.79 Å². The maximum atomic E-state index is 14.2. The Morgan fingerprint density at radius 3 is 1.04 bits per heavy atom. The van der Waals surface area contributed by atoms with Gasteiger partial charge < -0.3 is 54.4 Å². The van der Waals surface area contributed by atoms with E-state index in [0.29, 0.717) is 24.4 Å². The van der Waals surface area contributed by atoms with Gasteiger partial charge in [0.15, 0.2) is 23.8 Å². The molecule has 0 bridgehead atoms. The number of urea groups is 1. The number of nitrogens with two attached hydrogens (primary N) is 5. The summed E-state index contributed by atoms with van der Waals surface area (Å²) in [6, 6.07) is 0.189. The lowest BCUT2D eigenvalue weighted by atomic mass is 10.1. The molecule has 3 saturated carbocycles. The highest BCUT2D eigenvalue weighted by Gasteiger charge is 2.22. The number of unbranched alkanes of at least 4 members (excludes halogenated alkanes) is 12. The van der Waals surface area contributed by atoms with Crippen molar-refractivity contribution in [2.45, 2.75) is 141 Å². The first-order valence-corrected chi connectivity index (χ1v) is 22.5. The van der Waals surface area contributed by atoms with Gasteiger partial charge in [-0.1, -0.05) is 51.4 Å². The zero-order valence-electron chi connectivity index (χ0n) is 35.0. The molecule has 0 radical (unpaired) electrons. The van der Waals surface area contributed by atoms with Crippen LogP contribution in [0.1, 0.15) is 141 Å². The van der Waals surface area contributed by atoms with E-state index in [9.17, 15) is 4.79 Å².